The number of amides is 2. The molecule has 138 valence electrons. The van der Waals surface area contributed by atoms with Crippen molar-refractivity contribution in [1.82, 2.24) is 4.90 Å². The third-order valence-electron chi connectivity index (χ3n) is 4.91. The Morgan fingerprint density at radius 3 is 2.69 bits per heavy atom. The minimum Gasteiger partial charge on any atom is -0.483 e. The smallest absolute Gasteiger partial charge is 0.339 e. The largest absolute Gasteiger partial charge is 0.483 e. The lowest BCUT2D eigenvalue weighted by molar-refractivity contribution is -0.138. The maximum absolute atomic E-state index is 12.5. The van der Waals surface area contributed by atoms with Crippen molar-refractivity contribution < 1.29 is 18.7 Å². The van der Waals surface area contributed by atoms with Gasteiger partial charge in [-0.1, -0.05) is 0 Å². The zero-order valence-corrected chi connectivity index (χ0v) is 15.1. The van der Waals surface area contributed by atoms with Gasteiger partial charge in [-0.05, 0) is 56.9 Å². The predicted octanol–water partition coefficient (Wildman–Crippen LogP) is 1.57. The van der Waals surface area contributed by atoms with Crippen LogP contribution in [0.25, 0.3) is 11.0 Å². The van der Waals surface area contributed by atoms with Crippen molar-refractivity contribution >= 4 is 22.8 Å². The molecular weight excluding hydrogens is 336 g/mol. The van der Waals surface area contributed by atoms with Crippen molar-refractivity contribution in [3.05, 3.63) is 39.2 Å². The van der Waals surface area contributed by atoms with Crippen LogP contribution in [0, 0.1) is 20.8 Å². The molecule has 0 bridgehead atoms. The molecule has 2 amide bonds. The predicted molar refractivity (Wildman–Crippen MR) is 96.1 cm³/mol. The lowest BCUT2D eigenvalue weighted by Crippen LogP contribution is -2.45. The van der Waals surface area contributed by atoms with Crippen LogP contribution >= 0.6 is 0 Å². The lowest BCUT2D eigenvalue weighted by Gasteiger charge is -2.22. The number of benzene rings is 1. The number of ether oxygens (including phenoxy) is 1. The van der Waals surface area contributed by atoms with Gasteiger partial charge in [0.25, 0.3) is 5.91 Å². The highest BCUT2D eigenvalue weighted by Gasteiger charge is 2.32. The van der Waals surface area contributed by atoms with Crippen LogP contribution < -0.4 is 16.1 Å². The first kappa shape index (κ1) is 18.0. The molecule has 2 N–H and O–H groups in total. The van der Waals surface area contributed by atoms with E-state index >= 15 is 0 Å². The summed E-state index contributed by atoms with van der Waals surface area (Å²) in [6.45, 7) is 5.66. The van der Waals surface area contributed by atoms with Crippen molar-refractivity contribution in [2.75, 3.05) is 13.2 Å². The summed E-state index contributed by atoms with van der Waals surface area (Å²) in [5.41, 5.74) is 7.52. The molecule has 3 rings (SSSR count). The van der Waals surface area contributed by atoms with E-state index in [2.05, 4.69) is 0 Å². The molecule has 1 aromatic carbocycles. The molecule has 0 aliphatic carbocycles. The molecule has 2 aromatic rings. The standard InChI is InChI=1S/C19H22N2O5/c1-10-7-14(17-11(2)12(3)19(24)26-15(17)8-10)25-9-16(22)21-6-4-5-13(21)18(20)23/h7-8,13H,4-6,9H2,1-3H3,(H2,20,23)/t13-/m0/s1. The monoisotopic (exact) mass is 358 g/mol. The molecule has 1 fully saturated rings. The molecule has 0 unspecified atom stereocenters. The molecule has 7 heteroatoms. The van der Waals surface area contributed by atoms with E-state index < -0.39 is 11.9 Å². The summed E-state index contributed by atoms with van der Waals surface area (Å²) >= 11 is 0. The van der Waals surface area contributed by atoms with Gasteiger partial charge >= 0.3 is 5.63 Å². The van der Waals surface area contributed by atoms with Crippen LogP contribution in [0.2, 0.25) is 0 Å². The highest BCUT2D eigenvalue weighted by Crippen LogP contribution is 2.31. The van der Waals surface area contributed by atoms with Gasteiger partial charge in [-0.25, -0.2) is 4.79 Å². The van der Waals surface area contributed by atoms with Crippen molar-refractivity contribution in [2.24, 2.45) is 5.73 Å². The molecule has 7 nitrogen and oxygen atoms in total. The van der Waals surface area contributed by atoms with E-state index in [1.165, 1.54) is 4.90 Å². The summed E-state index contributed by atoms with van der Waals surface area (Å²) in [6, 6.07) is 3.00. The first-order chi connectivity index (χ1) is 12.3. The zero-order chi connectivity index (χ0) is 19.0. The van der Waals surface area contributed by atoms with Crippen molar-refractivity contribution in [2.45, 2.75) is 39.7 Å². The summed E-state index contributed by atoms with van der Waals surface area (Å²) in [5, 5.41) is 0.674. The van der Waals surface area contributed by atoms with Crippen LogP contribution in [0.1, 0.15) is 29.5 Å². The Kier molecular flexibility index (Phi) is 4.71. The number of hydrogen-bond acceptors (Lipinski definition) is 5. The molecule has 1 aromatic heterocycles. The quantitative estimate of drug-likeness (QED) is 0.836. The van der Waals surface area contributed by atoms with Crippen LogP contribution in [-0.2, 0) is 9.59 Å². The van der Waals surface area contributed by atoms with Gasteiger partial charge in [-0.2, -0.15) is 0 Å². The number of hydrogen-bond donors (Lipinski definition) is 1. The molecule has 1 aliphatic heterocycles. The number of nitrogens with two attached hydrogens (primary N) is 1. The first-order valence-corrected chi connectivity index (χ1v) is 8.56. The van der Waals surface area contributed by atoms with Gasteiger partial charge in [0, 0.05) is 12.1 Å². The number of carbonyl (C=O) groups is 2. The number of rotatable bonds is 4. The summed E-state index contributed by atoms with van der Waals surface area (Å²) in [7, 11) is 0. The van der Waals surface area contributed by atoms with Gasteiger partial charge in [0.15, 0.2) is 6.61 Å². The molecule has 1 saturated heterocycles. The number of fused-ring (bicyclic) bond motifs is 1. The number of nitrogens with zero attached hydrogens (tertiary/aromatic N) is 1. The summed E-state index contributed by atoms with van der Waals surface area (Å²) < 4.78 is 11.1. The van der Waals surface area contributed by atoms with Gasteiger partial charge in [0.1, 0.15) is 17.4 Å². The normalized spacial score (nSPS) is 16.9. The maximum Gasteiger partial charge on any atom is 0.339 e. The Labute approximate surface area is 150 Å². The third-order valence-corrected chi connectivity index (χ3v) is 4.91. The lowest BCUT2D eigenvalue weighted by atomic mass is 10.0. The Morgan fingerprint density at radius 1 is 1.27 bits per heavy atom. The molecular formula is C19H22N2O5. The molecule has 0 radical (unpaired) electrons. The summed E-state index contributed by atoms with van der Waals surface area (Å²) in [6.07, 6.45) is 1.33. The Morgan fingerprint density at radius 2 is 2.00 bits per heavy atom. The van der Waals surface area contributed by atoms with E-state index in [-0.39, 0.29) is 18.1 Å². The summed E-state index contributed by atoms with van der Waals surface area (Å²) in [5.74, 6) is -0.301. The zero-order valence-electron chi connectivity index (χ0n) is 15.1. The van der Waals surface area contributed by atoms with E-state index in [4.69, 9.17) is 14.9 Å². The number of primary amides is 1. The highest BCUT2D eigenvalue weighted by molar-refractivity contribution is 5.90. The topological polar surface area (TPSA) is 103 Å². The minimum absolute atomic E-state index is 0.208. The van der Waals surface area contributed by atoms with Crippen molar-refractivity contribution in [3.8, 4) is 5.75 Å². The fourth-order valence-electron chi connectivity index (χ4n) is 3.39. The molecule has 0 saturated carbocycles. The van der Waals surface area contributed by atoms with Crippen LogP contribution in [0.4, 0.5) is 0 Å². The third kappa shape index (κ3) is 3.16. The van der Waals surface area contributed by atoms with Gasteiger partial charge in [0.05, 0.1) is 5.39 Å². The van der Waals surface area contributed by atoms with Crippen LogP contribution in [0.3, 0.4) is 0 Å². The van der Waals surface area contributed by atoms with E-state index in [0.29, 0.717) is 35.2 Å². The van der Waals surface area contributed by atoms with Gasteiger partial charge in [-0.15, -0.1) is 0 Å². The SMILES string of the molecule is Cc1cc(OCC(=O)N2CCC[C@H]2C(N)=O)c2c(C)c(C)c(=O)oc2c1. The van der Waals surface area contributed by atoms with Gasteiger partial charge in [0.2, 0.25) is 5.91 Å². The molecule has 1 aliphatic rings. The van der Waals surface area contributed by atoms with Crippen molar-refractivity contribution in [1.29, 1.82) is 0 Å². The molecule has 0 spiro atoms. The Balaban J connectivity index is 1.89. The van der Waals surface area contributed by atoms with E-state index in [9.17, 15) is 14.4 Å². The second-order valence-electron chi connectivity index (χ2n) is 6.71. The van der Waals surface area contributed by atoms with Gasteiger partial charge < -0.3 is 19.8 Å². The summed E-state index contributed by atoms with van der Waals surface area (Å²) in [4.78, 5) is 37.3. The van der Waals surface area contributed by atoms with E-state index in [1.54, 1.807) is 19.1 Å². The first-order valence-electron chi connectivity index (χ1n) is 8.56. The van der Waals surface area contributed by atoms with Gasteiger partial charge in [-0.3, -0.25) is 9.59 Å². The molecule has 26 heavy (non-hydrogen) atoms. The second kappa shape index (κ2) is 6.82. The van der Waals surface area contributed by atoms with Crippen molar-refractivity contribution in [3.63, 3.8) is 0 Å². The van der Waals surface area contributed by atoms with Crippen LogP contribution in [0.5, 0.6) is 5.75 Å². The minimum atomic E-state index is -0.567. The average Bonchev–Trinajstić information content (AvgIpc) is 3.07. The second-order valence-corrected chi connectivity index (χ2v) is 6.71. The molecule has 1 atom stereocenters. The number of likely N-dealkylation sites (tertiary alicyclic amines) is 1. The Bertz CT molecular complexity index is 947. The fourth-order valence-corrected chi connectivity index (χ4v) is 3.39. The van der Waals surface area contributed by atoms with E-state index in [0.717, 1.165) is 17.5 Å². The fraction of sp³-hybridized carbons (Fsp3) is 0.421. The highest BCUT2D eigenvalue weighted by atomic mass is 16.5. The van der Waals surface area contributed by atoms with E-state index in [1.807, 2.05) is 13.8 Å². The Hall–Kier alpha value is -2.83. The molecule has 2 heterocycles. The average molecular weight is 358 g/mol. The maximum atomic E-state index is 12.5. The van der Waals surface area contributed by atoms with Crippen LogP contribution in [0.15, 0.2) is 21.3 Å². The number of carbonyl (C=O) groups excluding carboxylic acids is 2. The van der Waals surface area contributed by atoms with Crippen LogP contribution in [-0.4, -0.2) is 35.9 Å². The number of aryl methyl sites for hydroxylation is 2.